The molecular weight excluding hydrogens is 234 g/mol. The van der Waals surface area contributed by atoms with Crippen LogP contribution in [0.4, 0.5) is 5.69 Å². The van der Waals surface area contributed by atoms with Gasteiger partial charge in [-0.05, 0) is 29.5 Å². The fourth-order valence-electron chi connectivity index (χ4n) is 1.46. The monoisotopic (exact) mass is 247 g/mol. The Labute approximate surface area is 104 Å². The molecule has 0 radical (unpaired) electrons. The predicted molar refractivity (Wildman–Crippen MR) is 65.2 cm³/mol. The van der Waals surface area contributed by atoms with E-state index in [0.29, 0.717) is 5.82 Å². The third-order valence-corrected chi connectivity index (χ3v) is 2.37. The summed E-state index contributed by atoms with van der Waals surface area (Å²) in [7, 11) is 3.91. The van der Waals surface area contributed by atoms with Gasteiger partial charge in [-0.3, -0.25) is 4.79 Å². The number of benzene rings is 1. The van der Waals surface area contributed by atoms with E-state index in [1.165, 1.54) is 0 Å². The molecule has 7 heteroatoms. The molecule has 1 N–H and O–H groups in total. The molecule has 18 heavy (non-hydrogen) atoms. The molecule has 2 rings (SSSR count). The highest BCUT2D eigenvalue weighted by Crippen LogP contribution is 2.18. The van der Waals surface area contributed by atoms with E-state index in [9.17, 15) is 4.79 Å². The Kier molecular flexibility index (Phi) is 3.22. The van der Waals surface area contributed by atoms with Crippen LogP contribution in [0.3, 0.4) is 0 Å². The summed E-state index contributed by atoms with van der Waals surface area (Å²) in [5, 5.41) is 20.1. The lowest BCUT2D eigenvalue weighted by Crippen LogP contribution is -2.11. The Hall–Kier alpha value is -2.44. The molecular formula is C11H13N5O2. The third-order valence-electron chi connectivity index (χ3n) is 2.37. The van der Waals surface area contributed by atoms with E-state index in [2.05, 4.69) is 15.4 Å². The fourth-order valence-corrected chi connectivity index (χ4v) is 1.46. The summed E-state index contributed by atoms with van der Waals surface area (Å²) >= 11 is 0. The van der Waals surface area contributed by atoms with Crippen molar-refractivity contribution in [2.75, 3.05) is 19.0 Å². The maximum atomic E-state index is 10.5. The number of hydrogen-bond acceptors (Lipinski definition) is 5. The molecule has 0 saturated heterocycles. The molecule has 94 valence electrons. The molecule has 0 aliphatic rings. The Morgan fingerprint density at radius 1 is 1.33 bits per heavy atom. The number of aromatic nitrogens is 4. The summed E-state index contributed by atoms with van der Waals surface area (Å²) in [5.74, 6) is -0.580. The highest BCUT2D eigenvalue weighted by molar-refractivity contribution is 5.66. The minimum Gasteiger partial charge on any atom is -0.480 e. The molecule has 0 bridgehead atoms. The van der Waals surface area contributed by atoms with E-state index in [4.69, 9.17) is 5.11 Å². The molecule has 0 spiro atoms. The lowest BCUT2D eigenvalue weighted by molar-refractivity contribution is -0.138. The Balaban J connectivity index is 2.20. The molecule has 0 aliphatic carbocycles. The van der Waals surface area contributed by atoms with E-state index >= 15 is 0 Å². The van der Waals surface area contributed by atoms with Crippen LogP contribution in [0.15, 0.2) is 24.3 Å². The van der Waals surface area contributed by atoms with E-state index in [1.807, 2.05) is 43.3 Å². The fraction of sp³-hybridized carbons (Fsp3) is 0.273. The van der Waals surface area contributed by atoms with Gasteiger partial charge in [-0.1, -0.05) is 0 Å². The smallest absolute Gasteiger partial charge is 0.327 e. The number of hydrogen-bond donors (Lipinski definition) is 1. The predicted octanol–water partition coefficient (Wildman–Crippen LogP) is 0.491. The highest BCUT2D eigenvalue weighted by Gasteiger charge is 2.08. The van der Waals surface area contributed by atoms with Crippen molar-refractivity contribution in [1.82, 2.24) is 20.2 Å². The Morgan fingerprint density at radius 2 is 2.00 bits per heavy atom. The van der Waals surface area contributed by atoms with Crippen LogP contribution >= 0.6 is 0 Å². The molecule has 2 aromatic rings. The number of rotatable bonds is 4. The van der Waals surface area contributed by atoms with Gasteiger partial charge in [-0.25, -0.2) is 0 Å². The molecule has 0 amide bonds. The number of aliphatic carboxylic acids is 1. The first-order valence-electron chi connectivity index (χ1n) is 5.33. The molecule has 1 aromatic heterocycles. The second kappa shape index (κ2) is 4.82. The number of carboxylic acids is 1. The van der Waals surface area contributed by atoms with Crippen molar-refractivity contribution in [3.05, 3.63) is 24.3 Å². The van der Waals surface area contributed by atoms with Crippen LogP contribution in [0.2, 0.25) is 0 Å². The van der Waals surface area contributed by atoms with Crippen molar-refractivity contribution in [1.29, 1.82) is 0 Å². The van der Waals surface area contributed by atoms with Gasteiger partial charge in [0.15, 0.2) is 6.54 Å². The van der Waals surface area contributed by atoms with Gasteiger partial charge < -0.3 is 10.0 Å². The summed E-state index contributed by atoms with van der Waals surface area (Å²) in [4.78, 5) is 13.5. The lowest BCUT2D eigenvalue weighted by Gasteiger charge is -2.11. The first-order valence-corrected chi connectivity index (χ1v) is 5.33. The van der Waals surface area contributed by atoms with Gasteiger partial charge in [0.2, 0.25) is 5.82 Å². The van der Waals surface area contributed by atoms with Crippen LogP contribution < -0.4 is 4.90 Å². The topological polar surface area (TPSA) is 84.1 Å². The standard InChI is InChI=1S/C11H13N5O2/c1-15(2)9-5-3-8(4-6-9)11-12-14-16(13-11)7-10(17)18/h3-6H,7H2,1-2H3,(H,17,18). The van der Waals surface area contributed by atoms with Crippen molar-refractivity contribution in [3.8, 4) is 11.4 Å². The van der Waals surface area contributed by atoms with E-state index in [-0.39, 0.29) is 6.54 Å². The Morgan fingerprint density at radius 3 is 2.56 bits per heavy atom. The van der Waals surface area contributed by atoms with Crippen LogP contribution in [0.5, 0.6) is 0 Å². The van der Waals surface area contributed by atoms with Crippen molar-refractivity contribution in [2.45, 2.75) is 6.54 Å². The third kappa shape index (κ3) is 2.62. The van der Waals surface area contributed by atoms with Gasteiger partial charge in [-0.15, -0.1) is 10.2 Å². The lowest BCUT2D eigenvalue weighted by atomic mass is 10.2. The van der Waals surface area contributed by atoms with Gasteiger partial charge in [-0.2, -0.15) is 4.80 Å². The summed E-state index contributed by atoms with van der Waals surface area (Å²) < 4.78 is 0. The number of nitrogens with zero attached hydrogens (tertiary/aromatic N) is 5. The second-order valence-corrected chi connectivity index (χ2v) is 3.98. The minimum atomic E-state index is -0.998. The zero-order chi connectivity index (χ0) is 13.1. The number of carboxylic acid groups (broad SMARTS) is 1. The van der Waals surface area contributed by atoms with Crippen LogP contribution in [-0.2, 0) is 11.3 Å². The first kappa shape index (κ1) is 12.0. The molecule has 0 unspecified atom stereocenters. The summed E-state index contributed by atoms with van der Waals surface area (Å²) in [6, 6.07) is 7.62. The molecule has 0 fully saturated rings. The van der Waals surface area contributed by atoms with Crippen molar-refractivity contribution >= 4 is 11.7 Å². The average Bonchev–Trinajstić information content (AvgIpc) is 2.76. The molecule has 1 heterocycles. The Bertz CT molecular complexity index is 547. The van der Waals surface area contributed by atoms with Gasteiger partial charge >= 0.3 is 5.97 Å². The van der Waals surface area contributed by atoms with Crippen LogP contribution in [0.25, 0.3) is 11.4 Å². The van der Waals surface area contributed by atoms with E-state index < -0.39 is 5.97 Å². The maximum Gasteiger partial charge on any atom is 0.327 e. The quantitative estimate of drug-likeness (QED) is 0.846. The molecule has 0 aliphatic heterocycles. The first-order chi connectivity index (χ1) is 8.56. The maximum absolute atomic E-state index is 10.5. The number of carbonyl (C=O) groups is 1. The SMILES string of the molecule is CN(C)c1ccc(-c2nnn(CC(=O)O)n2)cc1. The van der Waals surface area contributed by atoms with Crippen molar-refractivity contribution in [3.63, 3.8) is 0 Å². The van der Waals surface area contributed by atoms with Crippen molar-refractivity contribution in [2.24, 2.45) is 0 Å². The van der Waals surface area contributed by atoms with Crippen LogP contribution in [0.1, 0.15) is 0 Å². The number of anilines is 1. The van der Waals surface area contributed by atoms with Crippen LogP contribution in [0, 0.1) is 0 Å². The van der Waals surface area contributed by atoms with Crippen molar-refractivity contribution < 1.29 is 9.90 Å². The molecule has 0 atom stereocenters. The van der Waals surface area contributed by atoms with Gasteiger partial charge in [0.1, 0.15) is 0 Å². The molecule has 7 nitrogen and oxygen atoms in total. The van der Waals surface area contributed by atoms with Gasteiger partial charge in [0.25, 0.3) is 0 Å². The van der Waals surface area contributed by atoms with Gasteiger partial charge in [0, 0.05) is 25.3 Å². The average molecular weight is 247 g/mol. The van der Waals surface area contributed by atoms with E-state index in [1.54, 1.807) is 0 Å². The zero-order valence-electron chi connectivity index (χ0n) is 10.1. The largest absolute Gasteiger partial charge is 0.480 e. The number of tetrazole rings is 1. The molecule has 1 aromatic carbocycles. The normalized spacial score (nSPS) is 10.3. The van der Waals surface area contributed by atoms with E-state index in [0.717, 1.165) is 16.0 Å². The molecule has 0 saturated carbocycles. The van der Waals surface area contributed by atoms with Gasteiger partial charge in [0.05, 0.1) is 0 Å². The summed E-state index contributed by atoms with van der Waals surface area (Å²) in [6.45, 7) is -0.289. The minimum absolute atomic E-state index is 0.289. The summed E-state index contributed by atoms with van der Waals surface area (Å²) in [6.07, 6.45) is 0. The van der Waals surface area contributed by atoms with Crippen LogP contribution in [-0.4, -0.2) is 45.4 Å². The highest BCUT2D eigenvalue weighted by atomic mass is 16.4. The summed E-state index contributed by atoms with van der Waals surface area (Å²) in [5.41, 5.74) is 1.87. The zero-order valence-corrected chi connectivity index (χ0v) is 10.1. The second-order valence-electron chi connectivity index (χ2n) is 3.98.